The minimum absolute atomic E-state index is 0.0202. The molecule has 0 saturated carbocycles. The molecule has 2 aliphatic carbocycles. The molecule has 0 spiro atoms. The number of hydrogen-bond donors (Lipinski definition) is 1. The van der Waals surface area contributed by atoms with Crippen LogP contribution in [0, 0.1) is 13.8 Å². The Morgan fingerprint density at radius 1 is 0.507 bits per heavy atom. The molecular weight excluding hydrogens is 892 g/mol. The van der Waals surface area contributed by atoms with E-state index in [1.165, 1.54) is 44.5 Å². The largest absolute Gasteiger partial charge is 0.455 e. The van der Waals surface area contributed by atoms with E-state index in [2.05, 4.69) is 212 Å². The number of hydrogen-bond acceptors (Lipinski definition) is 5. The zero-order valence-electron chi connectivity index (χ0n) is 42.8. The molecule has 1 N–H and O–H groups in total. The second-order valence-corrected chi connectivity index (χ2v) is 22.7. The van der Waals surface area contributed by atoms with E-state index in [9.17, 15) is 0 Å². The van der Waals surface area contributed by atoms with Gasteiger partial charge < -0.3 is 24.1 Å². The number of fused-ring (bicyclic) bond motifs is 11. The summed E-state index contributed by atoms with van der Waals surface area (Å²) in [7, 11) is 2.38. The summed E-state index contributed by atoms with van der Waals surface area (Å²) in [4.78, 5) is 2.52. The molecule has 0 atom stereocenters. The summed E-state index contributed by atoms with van der Waals surface area (Å²) in [5, 5.41) is 6.27. The van der Waals surface area contributed by atoms with Gasteiger partial charge in [-0.3, -0.25) is 0 Å². The lowest BCUT2D eigenvalue weighted by atomic mass is 9.57. The maximum absolute atomic E-state index is 7.32. The number of anilines is 5. The third-order valence-corrected chi connectivity index (χ3v) is 16.8. The van der Waals surface area contributed by atoms with Gasteiger partial charge in [-0.1, -0.05) is 156 Å². The molecule has 4 aliphatic rings. The lowest BCUT2D eigenvalue weighted by molar-refractivity contribution is 0.332. The van der Waals surface area contributed by atoms with Crippen LogP contribution < -0.4 is 30.6 Å². The van der Waals surface area contributed by atoms with Crippen LogP contribution in [0.3, 0.4) is 0 Å². The van der Waals surface area contributed by atoms with Gasteiger partial charge in [0, 0.05) is 67.4 Å². The lowest BCUT2D eigenvalue weighted by Gasteiger charge is -2.44. The number of furan rings is 1. The fourth-order valence-corrected chi connectivity index (χ4v) is 12.8. The second kappa shape index (κ2) is 15.5. The van der Waals surface area contributed by atoms with Gasteiger partial charge in [-0.2, -0.15) is 0 Å². The Bertz CT molecular complexity index is 3990. The third kappa shape index (κ3) is 6.55. The van der Waals surface area contributed by atoms with Crippen molar-refractivity contribution < 1.29 is 13.9 Å². The smallest absolute Gasteiger partial charge is 0.198 e. The Kier molecular flexibility index (Phi) is 9.32. The van der Waals surface area contributed by atoms with Crippen molar-refractivity contribution in [2.75, 3.05) is 10.2 Å². The Labute approximate surface area is 428 Å². The number of aryl methyl sites for hydroxylation is 2. The molecule has 0 amide bonds. The van der Waals surface area contributed by atoms with Gasteiger partial charge >= 0.3 is 0 Å². The maximum Gasteiger partial charge on any atom is 0.198 e. The minimum Gasteiger partial charge on any atom is -0.455 e. The summed E-state index contributed by atoms with van der Waals surface area (Å²) < 4.78 is 20.8. The normalized spacial score (nSPS) is 15.9. The van der Waals surface area contributed by atoms with Gasteiger partial charge in [-0.05, 0) is 142 Å². The quantitative estimate of drug-likeness (QED) is 0.174. The topological polar surface area (TPSA) is 46.9 Å². The van der Waals surface area contributed by atoms with Crippen molar-refractivity contribution >= 4 is 68.6 Å². The van der Waals surface area contributed by atoms with E-state index in [4.69, 9.17) is 13.9 Å². The molecule has 10 aromatic rings. The first kappa shape index (κ1) is 43.8. The van der Waals surface area contributed by atoms with Gasteiger partial charge in [-0.15, -0.1) is 0 Å². The summed E-state index contributed by atoms with van der Waals surface area (Å²) in [5.41, 5.74) is 23.5. The molecule has 9 aromatic carbocycles. The average molecular weight is 948 g/mol. The first-order valence-corrected chi connectivity index (χ1v) is 25.9. The highest BCUT2D eigenvalue weighted by Gasteiger charge is 2.43. The second-order valence-electron chi connectivity index (χ2n) is 22.7. The summed E-state index contributed by atoms with van der Waals surface area (Å²) in [5.74, 6) is 2.77. The van der Waals surface area contributed by atoms with Crippen molar-refractivity contribution in [1.82, 2.24) is 0 Å². The summed E-state index contributed by atoms with van der Waals surface area (Å²) in [6.07, 6.45) is 2.25. The number of ether oxygens (including phenoxy) is 2. The van der Waals surface area contributed by atoms with Crippen LogP contribution in [0.15, 0.2) is 168 Å². The van der Waals surface area contributed by atoms with Gasteiger partial charge in [0.1, 0.15) is 11.2 Å². The molecule has 0 unspecified atom stereocenters. The minimum atomic E-state index is -0.382. The van der Waals surface area contributed by atoms with E-state index in [1.54, 1.807) is 0 Å². The summed E-state index contributed by atoms with van der Waals surface area (Å²) in [6, 6.07) is 59.3. The molecular formula is C67H56BN2O3. The average Bonchev–Trinajstić information content (AvgIpc) is 3.87. The summed E-state index contributed by atoms with van der Waals surface area (Å²) >= 11 is 0. The maximum atomic E-state index is 7.32. The van der Waals surface area contributed by atoms with E-state index in [-0.39, 0.29) is 16.2 Å². The first-order chi connectivity index (χ1) is 35.2. The van der Waals surface area contributed by atoms with Gasteiger partial charge in [0.2, 0.25) is 0 Å². The Morgan fingerprint density at radius 3 is 1.96 bits per heavy atom. The number of rotatable bonds is 5. The Hall–Kier alpha value is -7.96. The van der Waals surface area contributed by atoms with E-state index in [0.29, 0.717) is 23.0 Å². The molecule has 2 aliphatic heterocycles. The predicted molar refractivity (Wildman–Crippen MR) is 303 cm³/mol. The zero-order valence-corrected chi connectivity index (χ0v) is 42.8. The molecule has 5 nitrogen and oxygen atoms in total. The van der Waals surface area contributed by atoms with Crippen molar-refractivity contribution in [3.63, 3.8) is 0 Å². The highest BCUT2D eigenvalue weighted by Crippen LogP contribution is 2.58. The van der Waals surface area contributed by atoms with Gasteiger partial charge in [-0.25, -0.2) is 0 Å². The highest BCUT2D eigenvalue weighted by atomic mass is 16.6. The molecule has 0 saturated heterocycles. The van der Waals surface area contributed by atoms with Crippen LogP contribution in [0.25, 0.3) is 55.3 Å². The van der Waals surface area contributed by atoms with E-state index in [0.717, 1.165) is 96.4 Å². The van der Waals surface area contributed by atoms with Crippen LogP contribution in [-0.2, 0) is 16.2 Å². The first-order valence-electron chi connectivity index (χ1n) is 25.9. The van der Waals surface area contributed by atoms with Gasteiger partial charge in [0.25, 0.3) is 0 Å². The summed E-state index contributed by atoms with van der Waals surface area (Å²) in [6.45, 7) is 18.9. The Balaban J connectivity index is 1.11. The zero-order chi connectivity index (χ0) is 49.7. The van der Waals surface area contributed by atoms with Crippen molar-refractivity contribution in [1.29, 1.82) is 0 Å². The number of nitrogens with zero attached hydrogens (tertiary/aromatic N) is 1. The number of nitrogens with one attached hydrogen (secondary N) is 1. The van der Waals surface area contributed by atoms with E-state index < -0.39 is 0 Å². The van der Waals surface area contributed by atoms with E-state index in [1.807, 2.05) is 24.3 Å². The monoisotopic (exact) mass is 947 g/mol. The van der Waals surface area contributed by atoms with Crippen LogP contribution >= 0.6 is 0 Å². The van der Waals surface area contributed by atoms with Crippen molar-refractivity contribution in [2.45, 2.75) is 84.5 Å². The predicted octanol–water partition coefficient (Wildman–Crippen LogP) is 17.3. The SMILES string of the molecule is Cc1ccc(Nc2ccc3c(c2-c2c4c(cc5c2oc2ccccc25)N(c2cc5c(cc2C)C(C)(C)CCC5(C)C)c2cc5c(cc2[B]4)Oc2ccccc2O5)C(C)(C)c2ccccc2-3)c(-c2ccccc2)c1. The fraction of sp³-hybridized carbons (Fsp3) is 0.194. The van der Waals surface area contributed by atoms with E-state index >= 15 is 0 Å². The van der Waals surface area contributed by atoms with Crippen molar-refractivity contribution in [3.05, 3.63) is 197 Å². The Morgan fingerprint density at radius 2 is 1.18 bits per heavy atom. The lowest BCUT2D eigenvalue weighted by Crippen LogP contribution is -2.42. The van der Waals surface area contributed by atoms with Crippen LogP contribution in [0.1, 0.15) is 87.8 Å². The molecule has 0 fully saturated rings. The molecule has 1 radical (unpaired) electrons. The fourth-order valence-electron chi connectivity index (χ4n) is 12.8. The van der Waals surface area contributed by atoms with Crippen LogP contribution in [0.4, 0.5) is 28.4 Å². The standard InChI is InChI=1S/C67H56BN2O3/c1-38-26-28-50(44(32-38)40-18-10-9-11-19-40)69-51-29-27-43-41-20-12-14-22-46(41)67(7,8)62(43)60(51)61-63-54(34-45-42-21-13-15-23-55(42)73-64(45)61)70(52-35-48-47(33-39(52)2)65(3,4)30-31-66(48,5)6)53-37-59-58(36-49(53)68-63)71-56-24-16-17-25-57(56)72-59/h9-29,32-37,69H,30-31H2,1-8H3. The number of benzene rings is 9. The van der Waals surface area contributed by atoms with Crippen LogP contribution in [0.2, 0.25) is 0 Å². The molecule has 6 heteroatoms. The van der Waals surface area contributed by atoms with Crippen molar-refractivity contribution in [3.8, 4) is 56.4 Å². The third-order valence-electron chi connectivity index (χ3n) is 16.8. The molecule has 14 rings (SSSR count). The number of para-hydroxylation sites is 3. The van der Waals surface area contributed by atoms with Gasteiger partial charge in [0.15, 0.2) is 30.3 Å². The van der Waals surface area contributed by atoms with Crippen molar-refractivity contribution in [2.24, 2.45) is 0 Å². The molecule has 1 aromatic heterocycles. The molecule has 355 valence electrons. The highest BCUT2D eigenvalue weighted by molar-refractivity contribution is 6.74. The van der Waals surface area contributed by atoms with Crippen LogP contribution in [0.5, 0.6) is 23.0 Å². The van der Waals surface area contributed by atoms with Crippen LogP contribution in [-0.4, -0.2) is 7.28 Å². The molecule has 73 heavy (non-hydrogen) atoms. The van der Waals surface area contributed by atoms with Gasteiger partial charge in [0.05, 0.1) is 0 Å². The molecule has 3 heterocycles. The molecule has 0 bridgehead atoms.